The van der Waals surface area contributed by atoms with E-state index in [1.54, 1.807) is 0 Å². The fourth-order valence-corrected chi connectivity index (χ4v) is 0.594. The minimum Gasteiger partial charge on any atom is -0.354 e. The molecule has 1 aromatic heterocycles. The lowest BCUT2D eigenvalue weighted by Gasteiger charge is -1.74. The van der Waals surface area contributed by atoms with E-state index in [0.717, 1.165) is 0 Å². The van der Waals surface area contributed by atoms with Gasteiger partial charge in [-0.05, 0) is 22.0 Å². The highest BCUT2D eigenvalue weighted by Gasteiger charge is 1.93. The van der Waals surface area contributed by atoms with Crippen molar-refractivity contribution in [1.82, 2.24) is 4.98 Å². The molecule has 0 saturated carbocycles. The normalized spacial score (nSPS) is 9.43. The topological polar surface area (TPSA) is 15.8 Å². The summed E-state index contributed by atoms with van der Waals surface area (Å²) in [6, 6.07) is 1.35. The minimum atomic E-state index is -0.250. The van der Waals surface area contributed by atoms with E-state index in [4.69, 9.17) is 0 Å². The zero-order valence-electron chi connectivity index (χ0n) is 3.41. The highest BCUT2D eigenvalue weighted by Crippen LogP contribution is 2.09. The Morgan fingerprint density at radius 3 is 2.57 bits per heavy atom. The monoisotopic (exact) mass is 163 g/mol. The SMILES string of the molecule is Fc1cc[nH]c1Br. The number of aromatic nitrogens is 1. The molecule has 0 spiro atoms. The van der Waals surface area contributed by atoms with E-state index in [9.17, 15) is 4.39 Å². The summed E-state index contributed by atoms with van der Waals surface area (Å²) in [6.07, 6.45) is 1.53. The van der Waals surface area contributed by atoms with Crippen LogP contribution in [0.5, 0.6) is 0 Å². The van der Waals surface area contributed by atoms with E-state index in [-0.39, 0.29) is 5.82 Å². The van der Waals surface area contributed by atoms with Crippen LogP contribution in [0.15, 0.2) is 16.9 Å². The highest BCUT2D eigenvalue weighted by atomic mass is 79.9. The first-order valence-corrected chi connectivity index (χ1v) is 2.58. The van der Waals surface area contributed by atoms with E-state index in [2.05, 4.69) is 20.9 Å². The van der Waals surface area contributed by atoms with Crippen LogP contribution in [0.2, 0.25) is 0 Å². The van der Waals surface area contributed by atoms with Crippen LogP contribution in [-0.4, -0.2) is 4.98 Å². The van der Waals surface area contributed by atoms with Crippen molar-refractivity contribution in [1.29, 1.82) is 0 Å². The summed E-state index contributed by atoms with van der Waals surface area (Å²) in [5.41, 5.74) is 0. The van der Waals surface area contributed by atoms with Crippen molar-refractivity contribution in [2.24, 2.45) is 0 Å². The van der Waals surface area contributed by atoms with Gasteiger partial charge < -0.3 is 4.98 Å². The van der Waals surface area contributed by atoms with Crippen molar-refractivity contribution in [3.05, 3.63) is 22.7 Å². The molecule has 0 saturated heterocycles. The molecule has 0 aliphatic carbocycles. The molecule has 1 nitrogen and oxygen atoms in total. The van der Waals surface area contributed by atoms with Gasteiger partial charge >= 0.3 is 0 Å². The molecule has 0 aliphatic heterocycles. The van der Waals surface area contributed by atoms with E-state index >= 15 is 0 Å². The average Bonchev–Trinajstić information content (AvgIpc) is 1.91. The molecule has 0 atom stereocenters. The first-order chi connectivity index (χ1) is 3.30. The molecule has 0 bridgehead atoms. The molecule has 1 heterocycles. The second-order valence-corrected chi connectivity index (χ2v) is 1.93. The van der Waals surface area contributed by atoms with Gasteiger partial charge in [0, 0.05) is 6.20 Å². The predicted octanol–water partition coefficient (Wildman–Crippen LogP) is 1.92. The number of hydrogen-bond donors (Lipinski definition) is 1. The Kier molecular flexibility index (Phi) is 1.15. The van der Waals surface area contributed by atoms with Crippen LogP contribution in [0.25, 0.3) is 0 Å². The lowest BCUT2D eigenvalue weighted by Crippen LogP contribution is -1.62. The van der Waals surface area contributed by atoms with E-state index in [1.807, 2.05) is 0 Å². The Morgan fingerprint density at radius 2 is 2.43 bits per heavy atom. The largest absolute Gasteiger partial charge is 0.354 e. The summed E-state index contributed by atoms with van der Waals surface area (Å²) in [5, 5.41) is 0. The van der Waals surface area contributed by atoms with Crippen LogP contribution < -0.4 is 0 Å². The molecule has 0 aliphatic rings. The molecule has 1 rings (SSSR count). The zero-order valence-corrected chi connectivity index (χ0v) is 5.00. The molecule has 0 amide bonds. The lowest BCUT2D eigenvalue weighted by molar-refractivity contribution is 0.622. The standard InChI is InChI=1S/C4H3BrFN/c5-4-3(6)1-2-7-4/h1-2,7H. The maximum atomic E-state index is 12.0. The summed E-state index contributed by atoms with van der Waals surface area (Å²) in [6.45, 7) is 0. The third kappa shape index (κ3) is 0.825. The maximum Gasteiger partial charge on any atom is 0.155 e. The van der Waals surface area contributed by atoms with E-state index in [1.165, 1.54) is 12.3 Å². The first kappa shape index (κ1) is 4.84. The van der Waals surface area contributed by atoms with Gasteiger partial charge in [0.15, 0.2) is 5.82 Å². The highest BCUT2D eigenvalue weighted by molar-refractivity contribution is 9.10. The molecular weight excluding hydrogens is 161 g/mol. The Labute approximate surface area is 48.7 Å². The number of H-pyrrole nitrogens is 1. The Balaban J connectivity index is 3.12. The summed E-state index contributed by atoms with van der Waals surface area (Å²) >= 11 is 2.93. The van der Waals surface area contributed by atoms with Crippen LogP contribution >= 0.6 is 15.9 Å². The van der Waals surface area contributed by atoms with Crippen LogP contribution in [-0.2, 0) is 0 Å². The summed E-state index contributed by atoms with van der Waals surface area (Å²) in [5.74, 6) is -0.250. The lowest BCUT2D eigenvalue weighted by atomic mass is 10.6. The summed E-state index contributed by atoms with van der Waals surface area (Å²) in [4.78, 5) is 2.61. The minimum absolute atomic E-state index is 0.250. The predicted molar refractivity (Wildman–Crippen MR) is 28.5 cm³/mol. The molecule has 0 aromatic carbocycles. The zero-order chi connectivity index (χ0) is 5.28. The van der Waals surface area contributed by atoms with Gasteiger partial charge in [-0.15, -0.1) is 0 Å². The van der Waals surface area contributed by atoms with Gasteiger partial charge in [-0.3, -0.25) is 0 Å². The molecule has 3 heteroatoms. The third-order valence-electron chi connectivity index (χ3n) is 0.649. The summed E-state index contributed by atoms with van der Waals surface area (Å²) in [7, 11) is 0. The van der Waals surface area contributed by atoms with Crippen LogP contribution in [0.4, 0.5) is 4.39 Å². The third-order valence-corrected chi connectivity index (χ3v) is 1.26. The van der Waals surface area contributed by atoms with Gasteiger partial charge in [-0.1, -0.05) is 0 Å². The number of hydrogen-bond acceptors (Lipinski definition) is 0. The van der Waals surface area contributed by atoms with Gasteiger partial charge in [0.25, 0.3) is 0 Å². The van der Waals surface area contributed by atoms with Crippen LogP contribution in [0.3, 0.4) is 0 Å². The number of aromatic amines is 1. The van der Waals surface area contributed by atoms with Crippen molar-refractivity contribution in [3.8, 4) is 0 Å². The smallest absolute Gasteiger partial charge is 0.155 e. The van der Waals surface area contributed by atoms with Gasteiger partial charge in [-0.2, -0.15) is 0 Å². The maximum absolute atomic E-state index is 12.0. The molecule has 1 aromatic rings. The Bertz CT molecular complexity index is 144. The second-order valence-electron chi connectivity index (χ2n) is 1.14. The van der Waals surface area contributed by atoms with Crippen molar-refractivity contribution in [2.75, 3.05) is 0 Å². The molecular formula is C4H3BrFN. The second kappa shape index (κ2) is 1.66. The van der Waals surface area contributed by atoms with Gasteiger partial charge in [0.05, 0.1) is 0 Å². The summed E-state index contributed by atoms with van der Waals surface area (Å²) < 4.78 is 12.4. The fraction of sp³-hybridized carbons (Fsp3) is 0. The van der Waals surface area contributed by atoms with Crippen molar-refractivity contribution >= 4 is 15.9 Å². The average molecular weight is 164 g/mol. The number of nitrogens with one attached hydrogen (secondary N) is 1. The van der Waals surface area contributed by atoms with Crippen LogP contribution in [0, 0.1) is 5.82 Å². The first-order valence-electron chi connectivity index (χ1n) is 1.79. The van der Waals surface area contributed by atoms with Gasteiger partial charge in [-0.25, -0.2) is 4.39 Å². The fourth-order valence-electron chi connectivity index (χ4n) is 0.330. The Morgan fingerprint density at radius 1 is 1.71 bits per heavy atom. The molecule has 38 valence electrons. The molecule has 0 radical (unpaired) electrons. The Hall–Kier alpha value is -0.310. The molecule has 0 unspecified atom stereocenters. The van der Waals surface area contributed by atoms with E-state index < -0.39 is 0 Å². The molecule has 7 heavy (non-hydrogen) atoms. The number of halogens is 2. The van der Waals surface area contributed by atoms with Gasteiger partial charge in [0.2, 0.25) is 0 Å². The molecule has 1 N–H and O–H groups in total. The van der Waals surface area contributed by atoms with Crippen molar-refractivity contribution < 1.29 is 4.39 Å². The quantitative estimate of drug-likeness (QED) is 0.602. The number of rotatable bonds is 0. The van der Waals surface area contributed by atoms with Crippen LogP contribution in [0.1, 0.15) is 0 Å². The molecule has 0 fully saturated rings. The van der Waals surface area contributed by atoms with Crippen molar-refractivity contribution in [3.63, 3.8) is 0 Å². The van der Waals surface area contributed by atoms with Crippen molar-refractivity contribution in [2.45, 2.75) is 0 Å². The van der Waals surface area contributed by atoms with E-state index in [0.29, 0.717) is 4.60 Å². The van der Waals surface area contributed by atoms with Gasteiger partial charge in [0.1, 0.15) is 4.60 Å².